The van der Waals surface area contributed by atoms with Crippen molar-refractivity contribution in [2.45, 2.75) is 64.6 Å². The number of sulfonamides is 1. The average molecular weight is 596 g/mol. The molecule has 10 heteroatoms. The largest absolute Gasteiger partial charge is 0.497 e. The van der Waals surface area contributed by atoms with E-state index in [2.05, 4.69) is 5.32 Å². The second-order valence-electron chi connectivity index (χ2n) is 10.5. The van der Waals surface area contributed by atoms with Gasteiger partial charge < -0.3 is 19.7 Å². The van der Waals surface area contributed by atoms with Gasteiger partial charge in [0.05, 0.1) is 24.8 Å². The maximum Gasteiger partial charge on any atom is 0.264 e. The van der Waals surface area contributed by atoms with Crippen LogP contribution in [0.15, 0.2) is 71.6 Å². The molecule has 0 saturated heterocycles. The van der Waals surface area contributed by atoms with E-state index in [-0.39, 0.29) is 34.8 Å². The summed E-state index contributed by atoms with van der Waals surface area (Å²) >= 11 is 0. The Morgan fingerprint density at radius 2 is 1.48 bits per heavy atom. The third kappa shape index (κ3) is 7.82. The Kier molecular flexibility index (Phi) is 11.0. The third-order valence-corrected chi connectivity index (χ3v) is 8.61. The molecule has 0 fully saturated rings. The molecule has 1 atom stereocenters. The molecule has 0 bridgehead atoms. The van der Waals surface area contributed by atoms with Crippen LogP contribution in [-0.4, -0.2) is 58.0 Å². The normalized spacial score (nSPS) is 12.0. The first-order chi connectivity index (χ1) is 19.9. The molecule has 0 saturated carbocycles. The number of aryl methyl sites for hydroxylation is 2. The van der Waals surface area contributed by atoms with Gasteiger partial charge in [-0.1, -0.05) is 54.4 Å². The Morgan fingerprint density at radius 1 is 0.881 bits per heavy atom. The van der Waals surface area contributed by atoms with Crippen LogP contribution in [-0.2, 0) is 26.2 Å². The van der Waals surface area contributed by atoms with E-state index in [4.69, 9.17) is 9.47 Å². The van der Waals surface area contributed by atoms with Crippen molar-refractivity contribution < 1.29 is 27.5 Å². The van der Waals surface area contributed by atoms with Crippen molar-refractivity contribution in [2.75, 3.05) is 25.1 Å². The molecule has 3 aromatic carbocycles. The predicted octanol–water partition coefficient (Wildman–Crippen LogP) is 4.85. The van der Waals surface area contributed by atoms with Crippen LogP contribution in [0.1, 0.15) is 43.9 Å². The molecule has 0 aliphatic rings. The van der Waals surface area contributed by atoms with Gasteiger partial charge in [0.25, 0.3) is 10.0 Å². The lowest BCUT2D eigenvalue weighted by Gasteiger charge is -2.34. The lowest BCUT2D eigenvalue weighted by Crippen LogP contribution is -2.53. The van der Waals surface area contributed by atoms with E-state index in [0.29, 0.717) is 12.2 Å². The van der Waals surface area contributed by atoms with Crippen LogP contribution in [0.5, 0.6) is 11.5 Å². The molecule has 3 aromatic rings. The highest BCUT2D eigenvalue weighted by Crippen LogP contribution is 2.36. The quantitative estimate of drug-likeness (QED) is 0.303. The number of nitrogens with zero attached hydrogens (tertiary/aromatic N) is 2. The number of nitrogens with one attached hydrogen (secondary N) is 1. The maximum absolute atomic E-state index is 14.2. The van der Waals surface area contributed by atoms with Crippen LogP contribution in [0.3, 0.4) is 0 Å². The van der Waals surface area contributed by atoms with Gasteiger partial charge in [0.1, 0.15) is 24.1 Å². The Morgan fingerprint density at radius 3 is 2.00 bits per heavy atom. The number of hydrogen-bond acceptors (Lipinski definition) is 6. The zero-order chi connectivity index (χ0) is 31.0. The van der Waals surface area contributed by atoms with E-state index in [1.807, 2.05) is 58.9 Å². The fourth-order valence-corrected chi connectivity index (χ4v) is 5.95. The summed E-state index contributed by atoms with van der Waals surface area (Å²) in [5.41, 5.74) is 2.90. The number of anilines is 1. The molecular formula is C32H41N3O6S. The molecule has 0 spiro atoms. The minimum absolute atomic E-state index is 0.0143. The van der Waals surface area contributed by atoms with Crippen molar-refractivity contribution in [1.29, 1.82) is 0 Å². The lowest BCUT2D eigenvalue weighted by molar-refractivity contribution is -0.140. The molecule has 226 valence electrons. The number of rotatable bonds is 13. The second kappa shape index (κ2) is 14.2. The zero-order valence-electron chi connectivity index (χ0n) is 25.4. The molecule has 0 aliphatic carbocycles. The van der Waals surface area contributed by atoms with Gasteiger partial charge in [-0.25, -0.2) is 8.42 Å². The number of ether oxygens (including phenoxy) is 2. The van der Waals surface area contributed by atoms with Crippen LogP contribution in [0.2, 0.25) is 0 Å². The minimum Gasteiger partial charge on any atom is -0.497 e. The Bertz CT molecular complexity index is 1470. The summed E-state index contributed by atoms with van der Waals surface area (Å²) in [6, 6.07) is 17.9. The van der Waals surface area contributed by atoms with Gasteiger partial charge in [-0.15, -0.1) is 0 Å². The Labute approximate surface area is 249 Å². The molecule has 1 unspecified atom stereocenters. The van der Waals surface area contributed by atoms with Crippen LogP contribution >= 0.6 is 0 Å². The van der Waals surface area contributed by atoms with Crippen LogP contribution in [0, 0.1) is 13.8 Å². The van der Waals surface area contributed by atoms with Crippen molar-refractivity contribution in [2.24, 2.45) is 0 Å². The first-order valence-electron chi connectivity index (χ1n) is 13.9. The standard InChI is InChI=1S/C32H41N3O6S/c1-8-28(32(37)33-22(2)3)34(20-25-13-9-23(4)10-14-25)31(36)21-35(29-19-26(40-6)15-18-30(29)41-7)42(38,39)27-16-11-24(5)12-17-27/h9-19,22,28H,8,20-21H2,1-7H3,(H,33,37). The Hall–Kier alpha value is -4.05. The van der Waals surface area contributed by atoms with Crippen molar-refractivity contribution >= 4 is 27.5 Å². The summed E-state index contributed by atoms with van der Waals surface area (Å²) in [6.45, 7) is 8.90. The number of amides is 2. The van der Waals surface area contributed by atoms with Crippen molar-refractivity contribution in [1.82, 2.24) is 10.2 Å². The molecule has 0 heterocycles. The second-order valence-corrected chi connectivity index (χ2v) is 12.3. The molecule has 1 N–H and O–H groups in total. The topological polar surface area (TPSA) is 105 Å². The molecule has 3 rings (SSSR count). The van der Waals surface area contributed by atoms with Gasteiger partial charge in [0.15, 0.2) is 0 Å². The van der Waals surface area contributed by atoms with Gasteiger partial charge in [0.2, 0.25) is 11.8 Å². The summed E-state index contributed by atoms with van der Waals surface area (Å²) in [5.74, 6) is -0.211. The van der Waals surface area contributed by atoms with Crippen molar-refractivity contribution in [3.05, 3.63) is 83.4 Å². The van der Waals surface area contributed by atoms with Crippen molar-refractivity contribution in [3.63, 3.8) is 0 Å². The lowest BCUT2D eigenvalue weighted by atomic mass is 10.1. The molecule has 42 heavy (non-hydrogen) atoms. The Balaban J connectivity index is 2.15. The highest BCUT2D eigenvalue weighted by molar-refractivity contribution is 7.92. The summed E-state index contributed by atoms with van der Waals surface area (Å²) in [4.78, 5) is 29.0. The van der Waals surface area contributed by atoms with Crippen LogP contribution in [0.25, 0.3) is 0 Å². The van der Waals surface area contributed by atoms with Crippen LogP contribution in [0.4, 0.5) is 5.69 Å². The predicted molar refractivity (Wildman–Crippen MR) is 164 cm³/mol. The number of benzene rings is 3. The fraction of sp³-hybridized carbons (Fsp3) is 0.375. The SMILES string of the molecule is CCC(C(=O)NC(C)C)N(Cc1ccc(C)cc1)C(=O)CN(c1cc(OC)ccc1OC)S(=O)(=O)c1ccc(C)cc1. The summed E-state index contributed by atoms with van der Waals surface area (Å²) < 4.78 is 40.3. The molecule has 9 nitrogen and oxygen atoms in total. The van der Waals surface area contributed by atoms with E-state index in [1.165, 1.54) is 37.3 Å². The molecule has 0 aliphatic heterocycles. The van der Waals surface area contributed by atoms with E-state index >= 15 is 0 Å². The molecular weight excluding hydrogens is 554 g/mol. The number of carbonyl (C=O) groups is 2. The van der Waals surface area contributed by atoms with E-state index in [9.17, 15) is 18.0 Å². The monoisotopic (exact) mass is 595 g/mol. The first-order valence-corrected chi connectivity index (χ1v) is 15.3. The molecule has 0 aromatic heterocycles. The zero-order valence-corrected chi connectivity index (χ0v) is 26.2. The fourth-order valence-electron chi connectivity index (χ4n) is 4.53. The maximum atomic E-state index is 14.2. The number of methoxy groups -OCH3 is 2. The van der Waals surface area contributed by atoms with Crippen LogP contribution < -0.4 is 19.1 Å². The van der Waals surface area contributed by atoms with Crippen molar-refractivity contribution in [3.8, 4) is 11.5 Å². The third-order valence-electron chi connectivity index (χ3n) is 6.83. The highest BCUT2D eigenvalue weighted by Gasteiger charge is 2.35. The van der Waals surface area contributed by atoms with Gasteiger partial charge >= 0.3 is 0 Å². The summed E-state index contributed by atoms with van der Waals surface area (Å²) in [7, 11) is -1.36. The summed E-state index contributed by atoms with van der Waals surface area (Å²) in [5, 5.41) is 2.90. The average Bonchev–Trinajstić information content (AvgIpc) is 2.96. The van der Waals surface area contributed by atoms with Gasteiger partial charge in [-0.2, -0.15) is 0 Å². The molecule has 2 amide bonds. The smallest absolute Gasteiger partial charge is 0.264 e. The highest BCUT2D eigenvalue weighted by atomic mass is 32.2. The van der Waals surface area contributed by atoms with Gasteiger partial charge in [-0.3, -0.25) is 13.9 Å². The minimum atomic E-state index is -4.26. The molecule has 0 radical (unpaired) electrons. The number of carbonyl (C=O) groups excluding carboxylic acids is 2. The van der Waals surface area contributed by atoms with E-state index in [1.54, 1.807) is 24.3 Å². The summed E-state index contributed by atoms with van der Waals surface area (Å²) in [6.07, 6.45) is 0.337. The van der Waals surface area contributed by atoms with E-state index < -0.39 is 28.5 Å². The van der Waals surface area contributed by atoms with E-state index in [0.717, 1.165) is 21.0 Å². The van der Waals surface area contributed by atoms with Gasteiger partial charge in [0, 0.05) is 18.7 Å². The first kappa shape index (κ1) is 32.5. The van der Waals surface area contributed by atoms with Gasteiger partial charge in [-0.05, 0) is 63.9 Å². The number of hydrogen-bond donors (Lipinski definition) is 1.